The molecule has 1 atom stereocenters. The SMILES string of the molecule is COC(=O)c1cccc(OCC(=O)N[C@H](C)c2cc3ccccc3o2)c1. The second kappa shape index (κ2) is 7.74. The normalized spacial score (nSPS) is 11.8. The van der Waals surface area contributed by atoms with E-state index in [-0.39, 0.29) is 18.6 Å². The molecule has 1 amide bonds. The molecule has 0 aliphatic rings. The Hall–Kier alpha value is -3.28. The van der Waals surface area contributed by atoms with E-state index >= 15 is 0 Å². The molecular formula is C20H19NO5. The second-order valence-corrected chi connectivity index (χ2v) is 5.78. The molecule has 2 aromatic carbocycles. The van der Waals surface area contributed by atoms with Gasteiger partial charge in [0.2, 0.25) is 0 Å². The largest absolute Gasteiger partial charge is 0.484 e. The lowest BCUT2D eigenvalue weighted by atomic mass is 10.2. The zero-order valence-corrected chi connectivity index (χ0v) is 14.5. The Morgan fingerprint density at radius 1 is 1.12 bits per heavy atom. The Kier molecular flexibility index (Phi) is 5.22. The Morgan fingerprint density at radius 3 is 2.69 bits per heavy atom. The predicted octanol–water partition coefficient (Wildman–Crippen LogP) is 3.48. The maximum atomic E-state index is 12.1. The number of hydrogen-bond donors (Lipinski definition) is 1. The smallest absolute Gasteiger partial charge is 0.337 e. The molecule has 1 heterocycles. The monoisotopic (exact) mass is 353 g/mol. The number of rotatable bonds is 6. The van der Waals surface area contributed by atoms with E-state index in [1.807, 2.05) is 37.3 Å². The summed E-state index contributed by atoms with van der Waals surface area (Å²) < 4.78 is 15.8. The summed E-state index contributed by atoms with van der Waals surface area (Å²) in [5, 5.41) is 3.81. The molecule has 1 aromatic heterocycles. The average molecular weight is 353 g/mol. The molecule has 134 valence electrons. The highest BCUT2D eigenvalue weighted by Gasteiger charge is 2.15. The van der Waals surface area contributed by atoms with E-state index in [0.717, 1.165) is 11.0 Å². The van der Waals surface area contributed by atoms with Crippen LogP contribution in [0.4, 0.5) is 0 Å². The van der Waals surface area contributed by atoms with Crippen LogP contribution in [0, 0.1) is 0 Å². The van der Waals surface area contributed by atoms with Crippen molar-refractivity contribution in [3.05, 3.63) is 65.9 Å². The van der Waals surface area contributed by atoms with Crippen LogP contribution in [0.15, 0.2) is 59.0 Å². The number of carbonyl (C=O) groups excluding carboxylic acids is 2. The van der Waals surface area contributed by atoms with Gasteiger partial charge in [0.25, 0.3) is 5.91 Å². The number of benzene rings is 2. The van der Waals surface area contributed by atoms with E-state index in [4.69, 9.17) is 9.15 Å². The second-order valence-electron chi connectivity index (χ2n) is 5.78. The van der Waals surface area contributed by atoms with Crippen LogP contribution in [0.1, 0.15) is 29.1 Å². The highest BCUT2D eigenvalue weighted by Crippen LogP contribution is 2.23. The molecule has 26 heavy (non-hydrogen) atoms. The fourth-order valence-corrected chi connectivity index (χ4v) is 2.55. The first kappa shape index (κ1) is 17.5. The summed E-state index contributed by atoms with van der Waals surface area (Å²) in [6.45, 7) is 1.67. The molecule has 6 nitrogen and oxygen atoms in total. The molecule has 0 aliphatic carbocycles. The topological polar surface area (TPSA) is 77.8 Å². The molecule has 0 bridgehead atoms. The third-order valence-corrected chi connectivity index (χ3v) is 3.87. The van der Waals surface area contributed by atoms with Gasteiger partial charge in [0, 0.05) is 5.39 Å². The average Bonchev–Trinajstić information content (AvgIpc) is 3.10. The molecule has 3 rings (SSSR count). The number of carbonyl (C=O) groups is 2. The van der Waals surface area contributed by atoms with Gasteiger partial charge in [-0.1, -0.05) is 24.3 Å². The molecule has 3 aromatic rings. The molecule has 0 radical (unpaired) electrons. The molecule has 6 heteroatoms. The van der Waals surface area contributed by atoms with E-state index in [1.165, 1.54) is 13.2 Å². The van der Waals surface area contributed by atoms with Crippen LogP contribution < -0.4 is 10.1 Å². The summed E-state index contributed by atoms with van der Waals surface area (Å²) in [5.41, 5.74) is 1.14. The number of esters is 1. The van der Waals surface area contributed by atoms with Crippen LogP contribution in [-0.2, 0) is 9.53 Å². The molecule has 0 aliphatic heterocycles. The van der Waals surface area contributed by atoms with Gasteiger partial charge in [-0.05, 0) is 37.3 Å². The fourth-order valence-electron chi connectivity index (χ4n) is 2.55. The van der Waals surface area contributed by atoms with Crippen molar-refractivity contribution in [2.75, 3.05) is 13.7 Å². The summed E-state index contributed by atoms with van der Waals surface area (Å²) in [6.07, 6.45) is 0. The summed E-state index contributed by atoms with van der Waals surface area (Å²) >= 11 is 0. The molecule has 1 N–H and O–H groups in total. The van der Waals surface area contributed by atoms with Gasteiger partial charge in [-0.2, -0.15) is 0 Å². The number of para-hydroxylation sites is 1. The lowest BCUT2D eigenvalue weighted by Crippen LogP contribution is -2.31. The van der Waals surface area contributed by atoms with Crippen LogP contribution in [-0.4, -0.2) is 25.6 Å². The molecule has 0 spiro atoms. The van der Waals surface area contributed by atoms with Crippen LogP contribution in [0.25, 0.3) is 11.0 Å². The Bertz CT molecular complexity index is 898. The number of ether oxygens (including phenoxy) is 2. The van der Waals surface area contributed by atoms with Crippen molar-refractivity contribution in [2.45, 2.75) is 13.0 Å². The van der Waals surface area contributed by atoms with Gasteiger partial charge in [-0.3, -0.25) is 4.79 Å². The van der Waals surface area contributed by atoms with Crippen molar-refractivity contribution in [3.8, 4) is 5.75 Å². The van der Waals surface area contributed by atoms with Crippen LogP contribution in [0.2, 0.25) is 0 Å². The van der Waals surface area contributed by atoms with Crippen molar-refractivity contribution in [2.24, 2.45) is 0 Å². The minimum absolute atomic E-state index is 0.171. The van der Waals surface area contributed by atoms with E-state index in [9.17, 15) is 9.59 Å². The summed E-state index contributed by atoms with van der Waals surface area (Å²) in [6, 6.07) is 15.7. The Labute approximate surface area is 150 Å². The van der Waals surface area contributed by atoms with Crippen molar-refractivity contribution < 1.29 is 23.5 Å². The van der Waals surface area contributed by atoms with Crippen molar-refractivity contribution in [1.82, 2.24) is 5.32 Å². The third-order valence-electron chi connectivity index (χ3n) is 3.87. The maximum absolute atomic E-state index is 12.1. The van der Waals surface area contributed by atoms with Gasteiger partial charge >= 0.3 is 5.97 Å². The summed E-state index contributed by atoms with van der Waals surface area (Å²) in [7, 11) is 1.31. The highest BCUT2D eigenvalue weighted by atomic mass is 16.5. The zero-order chi connectivity index (χ0) is 18.5. The minimum atomic E-state index is -0.460. The maximum Gasteiger partial charge on any atom is 0.337 e. The quantitative estimate of drug-likeness (QED) is 0.687. The Balaban J connectivity index is 1.57. The van der Waals surface area contributed by atoms with Gasteiger partial charge in [-0.15, -0.1) is 0 Å². The number of nitrogens with one attached hydrogen (secondary N) is 1. The van der Waals surface area contributed by atoms with Gasteiger partial charge < -0.3 is 19.2 Å². The number of amides is 1. The number of furan rings is 1. The molecular weight excluding hydrogens is 334 g/mol. The van der Waals surface area contributed by atoms with Gasteiger partial charge in [0.15, 0.2) is 6.61 Å². The first-order valence-corrected chi connectivity index (χ1v) is 8.16. The number of fused-ring (bicyclic) bond motifs is 1. The van der Waals surface area contributed by atoms with E-state index in [0.29, 0.717) is 17.1 Å². The van der Waals surface area contributed by atoms with E-state index in [2.05, 4.69) is 10.1 Å². The lowest BCUT2D eigenvalue weighted by Gasteiger charge is -2.12. The molecule has 0 unspecified atom stereocenters. The van der Waals surface area contributed by atoms with Crippen molar-refractivity contribution in [1.29, 1.82) is 0 Å². The first-order chi connectivity index (χ1) is 12.6. The van der Waals surface area contributed by atoms with E-state index < -0.39 is 5.97 Å². The van der Waals surface area contributed by atoms with Gasteiger partial charge in [0.05, 0.1) is 18.7 Å². The standard InChI is InChI=1S/C20H19NO5/c1-13(18-11-14-6-3-4-9-17(14)26-18)21-19(22)12-25-16-8-5-7-15(10-16)20(23)24-2/h3-11,13H,12H2,1-2H3,(H,21,22)/t13-/m1/s1. The zero-order valence-electron chi connectivity index (χ0n) is 14.5. The third kappa shape index (κ3) is 4.03. The van der Waals surface area contributed by atoms with Crippen LogP contribution >= 0.6 is 0 Å². The van der Waals surface area contributed by atoms with Crippen LogP contribution in [0.5, 0.6) is 5.75 Å². The van der Waals surface area contributed by atoms with Gasteiger partial charge in [-0.25, -0.2) is 4.79 Å². The Morgan fingerprint density at radius 2 is 1.92 bits per heavy atom. The lowest BCUT2D eigenvalue weighted by molar-refractivity contribution is -0.123. The molecule has 0 fully saturated rings. The molecule has 0 saturated heterocycles. The minimum Gasteiger partial charge on any atom is -0.484 e. The van der Waals surface area contributed by atoms with Crippen molar-refractivity contribution in [3.63, 3.8) is 0 Å². The summed E-state index contributed by atoms with van der Waals surface area (Å²) in [4.78, 5) is 23.6. The summed E-state index contributed by atoms with van der Waals surface area (Å²) in [5.74, 6) is 0.339. The number of hydrogen-bond acceptors (Lipinski definition) is 5. The van der Waals surface area contributed by atoms with E-state index in [1.54, 1.807) is 18.2 Å². The van der Waals surface area contributed by atoms with Crippen molar-refractivity contribution >= 4 is 22.8 Å². The molecule has 0 saturated carbocycles. The highest BCUT2D eigenvalue weighted by molar-refractivity contribution is 5.89. The first-order valence-electron chi connectivity index (χ1n) is 8.16. The fraction of sp³-hybridized carbons (Fsp3) is 0.200. The predicted molar refractivity (Wildman–Crippen MR) is 96.0 cm³/mol. The number of methoxy groups -OCH3 is 1. The van der Waals surface area contributed by atoms with Crippen LogP contribution in [0.3, 0.4) is 0 Å². The van der Waals surface area contributed by atoms with Gasteiger partial charge in [0.1, 0.15) is 17.1 Å².